The highest BCUT2D eigenvalue weighted by Crippen LogP contribution is 2.20. The van der Waals surface area contributed by atoms with Crippen LogP contribution < -0.4 is 5.32 Å². The maximum absolute atomic E-state index is 12.8. The third-order valence-corrected chi connectivity index (χ3v) is 3.24. The normalized spacial score (nSPS) is 11.8. The van der Waals surface area contributed by atoms with E-state index in [9.17, 15) is 4.39 Å². The highest BCUT2D eigenvalue weighted by Gasteiger charge is 2.14. The quantitative estimate of drug-likeness (QED) is 0.824. The third-order valence-electron chi connectivity index (χ3n) is 2.89. The highest BCUT2D eigenvalue weighted by molar-refractivity contribution is 6.31. The minimum atomic E-state index is -0.289. The first kappa shape index (κ1) is 13.5. The summed E-state index contributed by atoms with van der Waals surface area (Å²) in [7, 11) is 0. The van der Waals surface area contributed by atoms with Crippen LogP contribution in [-0.4, -0.2) is 6.54 Å². The molecule has 0 saturated heterocycles. The third kappa shape index (κ3) is 4.11. The summed E-state index contributed by atoms with van der Waals surface area (Å²) in [5.74, 6) is -0.289. The van der Waals surface area contributed by atoms with Crippen LogP contribution >= 0.6 is 11.6 Å². The van der Waals surface area contributed by atoms with Gasteiger partial charge in [0.1, 0.15) is 5.82 Å². The molecule has 0 bridgehead atoms. The van der Waals surface area contributed by atoms with Crippen molar-refractivity contribution < 1.29 is 4.39 Å². The van der Waals surface area contributed by atoms with Gasteiger partial charge >= 0.3 is 0 Å². The van der Waals surface area contributed by atoms with Gasteiger partial charge in [-0.3, -0.25) is 0 Å². The molecule has 0 fully saturated rings. The summed E-state index contributed by atoms with van der Waals surface area (Å²) in [5.41, 5.74) is 1.22. The minimum Gasteiger partial charge on any atom is -0.312 e. The predicted octanol–water partition coefficient (Wildman–Crippen LogP) is 4.00. The van der Waals surface area contributed by atoms with Gasteiger partial charge in [0.15, 0.2) is 0 Å². The van der Waals surface area contributed by atoms with E-state index in [1.807, 2.05) is 0 Å². The summed E-state index contributed by atoms with van der Waals surface area (Å²) < 4.78 is 12.8. The second kappa shape index (κ2) is 5.65. The monoisotopic (exact) mass is 243 g/mol. The maximum Gasteiger partial charge on any atom is 0.124 e. The lowest BCUT2D eigenvalue weighted by Gasteiger charge is -2.23. The fraction of sp³-hybridized carbons (Fsp3) is 0.538. The number of nitrogens with one attached hydrogen (secondary N) is 1. The Bertz CT molecular complexity index is 350. The first-order chi connectivity index (χ1) is 7.44. The average Bonchev–Trinajstić information content (AvgIpc) is 2.21. The van der Waals surface area contributed by atoms with E-state index in [1.165, 1.54) is 12.1 Å². The van der Waals surface area contributed by atoms with Crippen molar-refractivity contribution in [1.29, 1.82) is 0 Å². The molecule has 1 N–H and O–H groups in total. The van der Waals surface area contributed by atoms with Crippen molar-refractivity contribution in [3.05, 3.63) is 34.6 Å². The van der Waals surface area contributed by atoms with Crippen LogP contribution in [0, 0.1) is 11.2 Å². The number of rotatable bonds is 5. The molecule has 0 heterocycles. The summed E-state index contributed by atoms with van der Waals surface area (Å²) in [5, 5.41) is 3.83. The molecule has 0 amide bonds. The smallest absolute Gasteiger partial charge is 0.124 e. The molecule has 0 aliphatic rings. The van der Waals surface area contributed by atoms with E-state index in [4.69, 9.17) is 11.6 Å². The van der Waals surface area contributed by atoms with Crippen LogP contribution in [0.1, 0.15) is 32.8 Å². The molecule has 1 aromatic rings. The van der Waals surface area contributed by atoms with E-state index in [0.29, 0.717) is 11.6 Å². The lowest BCUT2D eigenvalue weighted by Crippen LogP contribution is -2.28. The molecule has 3 heteroatoms. The van der Waals surface area contributed by atoms with Crippen LogP contribution in [0.2, 0.25) is 5.02 Å². The summed E-state index contributed by atoms with van der Waals surface area (Å²) in [6.07, 6.45) is 1.12. The molecule has 0 spiro atoms. The molecule has 1 nitrogen and oxygen atoms in total. The Morgan fingerprint density at radius 2 is 2.06 bits per heavy atom. The molecule has 0 radical (unpaired) electrons. The van der Waals surface area contributed by atoms with E-state index in [-0.39, 0.29) is 11.2 Å². The second-order valence-corrected chi connectivity index (χ2v) is 5.26. The Balaban J connectivity index is 2.49. The summed E-state index contributed by atoms with van der Waals surface area (Å²) in [4.78, 5) is 0. The number of hydrogen-bond acceptors (Lipinski definition) is 1. The molecule has 1 aromatic carbocycles. The van der Waals surface area contributed by atoms with Gasteiger partial charge in [-0.2, -0.15) is 0 Å². The van der Waals surface area contributed by atoms with Crippen LogP contribution in [0.5, 0.6) is 0 Å². The Kier molecular flexibility index (Phi) is 4.75. The van der Waals surface area contributed by atoms with Crippen molar-refractivity contribution in [1.82, 2.24) is 5.32 Å². The lowest BCUT2D eigenvalue weighted by molar-refractivity contribution is 0.327. The zero-order valence-corrected chi connectivity index (χ0v) is 10.9. The van der Waals surface area contributed by atoms with Gasteiger partial charge in [0, 0.05) is 18.1 Å². The number of hydrogen-bond donors (Lipinski definition) is 1. The molecule has 0 atom stereocenters. The fourth-order valence-electron chi connectivity index (χ4n) is 1.33. The van der Waals surface area contributed by atoms with E-state index in [1.54, 1.807) is 6.07 Å². The second-order valence-electron chi connectivity index (χ2n) is 4.86. The lowest BCUT2D eigenvalue weighted by atomic mass is 9.90. The number of halogens is 2. The minimum absolute atomic E-state index is 0.284. The van der Waals surface area contributed by atoms with E-state index >= 15 is 0 Å². The molecule has 0 saturated carbocycles. The van der Waals surface area contributed by atoms with Gasteiger partial charge in [-0.25, -0.2) is 4.39 Å². The van der Waals surface area contributed by atoms with Gasteiger partial charge in [-0.05, 0) is 29.5 Å². The molecule has 0 aliphatic heterocycles. The highest BCUT2D eigenvalue weighted by atomic mass is 35.5. The van der Waals surface area contributed by atoms with Crippen molar-refractivity contribution in [2.24, 2.45) is 5.41 Å². The first-order valence-corrected chi connectivity index (χ1v) is 5.97. The van der Waals surface area contributed by atoms with E-state index in [0.717, 1.165) is 18.5 Å². The van der Waals surface area contributed by atoms with Crippen molar-refractivity contribution in [3.63, 3.8) is 0 Å². The summed E-state index contributed by atoms with van der Waals surface area (Å²) >= 11 is 5.93. The van der Waals surface area contributed by atoms with Crippen LogP contribution in [0.25, 0.3) is 0 Å². The summed E-state index contributed by atoms with van der Waals surface area (Å²) in [6.45, 7) is 8.21. The van der Waals surface area contributed by atoms with Gasteiger partial charge in [0.05, 0.1) is 0 Å². The molecule has 0 aliphatic carbocycles. The molecule has 90 valence electrons. The van der Waals surface area contributed by atoms with Crippen LogP contribution in [-0.2, 0) is 6.54 Å². The zero-order chi connectivity index (χ0) is 12.2. The first-order valence-electron chi connectivity index (χ1n) is 5.59. The van der Waals surface area contributed by atoms with Crippen LogP contribution in [0.15, 0.2) is 18.2 Å². The SMILES string of the molecule is CCC(C)(C)CNCc1ccc(F)cc1Cl. The molecular weight excluding hydrogens is 225 g/mol. The van der Waals surface area contributed by atoms with Crippen molar-refractivity contribution in [2.45, 2.75) is 33.7 Å². The van der Waals surface area contributed by atoms with Gasteiger partial charge in [0.2, 0.25) is 0 Å². The Morgan fingerprint density at radius 3 is 2.62 bits per heavy atom. The van der Waals surface area contributed by atoms with Gasteiger partial charge in [-0.1, -0.05) is 38.4 Å². The van der Waals surface area contributed by atoms with Gasteiger partial charge < -0.3 is 5.32 Å². The maximum atomic E-state index is 12.8. The Morgan fingerprint density at radius 1 is 1.38 bits per heavy atom. The van der Waals surface area contributed by atoms with Crippen LogP contribution in [0.4, 0.5) is 4.39 Å². The van der Waals surface area contributed by atoms with Crippen molar-refractivity contribution in [2.75, 3.05) is 6.54 Å². The fourth-order valence-corrected chi connectivity index (χ4v) is 1.56. The predicted molar refractivity (Wildman–Crippen MR) is 67.2 cm³/mol. The van der Waals surface area contributed by atoms with Gasteiger partial charge in [0.25, 0.3) is 0 Å². The molecule has 1 rings (SSSR count). The zero-order valence-electron chi connectivity index (χ0n) is 10.1. The molecule has 16 heavy (non-hydrogen) atoms. The Labute approximate surface area is 102 Å². The topological polar surface area (TPSA) is 12.0 Å². The average molecular weight is 244 g/mol. The van der Waals surface area contributed by atoms with E-state index < -0.39 is 0 Å². The largest absolute Gasteiger partial charge is 0.312 e. The summed E-state index contributed by atoms with van der Waals surface area (Å²) in [6, 6.07) is 4.51. The van der Waals surface area contributed by atoms with Crippen molar-refractivity contribution >= 4 is 11.6 Å². The van der Waals surface area contributed by atoms with Crippen LogP contribution in [0.3, 0.4) is 0 Å². The number of benzene rings is 1. The van der Waals surface area contributed by atoms with Gasteiger partial charge in [-0.15, -0.1) is 0 Å². The standard InChI is InChI=1S/C13H19ClFN/c1-4-13(2,3)9-16-8-10-5-6-11(15)7-12(10)14/h5-7,16H,4,8-9H2,1-3H3. The molecule has 0 aromatic heterocycles. The van der Waals surface area contributed by atoms with E-state index in [2.05, 4.69) is 26.1 Å². The molecular formula is C13H19ClFN. The van der Waals surface area contributed by atoms with Crippen molar-refractivity contribution in [3.8, 4) is 0 Å². The Hall–Kier alpha value is -0.600. The molecule has 0 unspecified atom stereocenters.